The molecule has 1 unspecified atom stereocenters. The minimum atomic E-state index is -0.621. The number of carbonyl (C=O) groups is 1. The van der Waals surface area contributed by atoms with Crippen LogP contribution >= 0.6 is 0 Å². The van der Waals surface area contributed by atoms with E-state index in [0.717, 1.165) is 18.6 Å². The first-order chi connectivity index (χ1) is 10.4. The van der Waals surface area contributed by atoms with Crippen LogP contribution in [0.2, 0.25) is 0 Å². The summed E-state index contributed by atoms with van der Waals surface area (Å²) < 4.78 is 10.3. The molecule has 0 radical (unpaired) electrons. The lowest BCUT2D eigenvalue weighted by Gasteiger charge is -2.23. The fourth-order valence-corrected chi connectivity index (χ4v) is 1.77. The van der Waals surface area contributed by atoms with Gasteiger partial charge in [-0.05, 0) is 11.6 Å². The zero-order chi connectivity index (χ0) is 16.7. The van der Waals surface area contributed by atoms with Crippen molar-refractivity contribution in [2.45, 2.75) is 12.5 Å². The molecule has 1 aliphatic heterocycles. The Bertz CT molecular complexity index is 592. The highest BCUT2D eigenvalue weighted by Crippen LogP contribution is 2.25. The first-order valence-electron chi connectivity index (χ1n) is 6.33. The van der Waals surface area contributed by atoms with Gasteiger partial charge in [-0.3, -0.25) is 4.79 Å². The summed E-state index contributed by atoms with van der Waals surface area (Å²) in [7, 11) is 1.38. The van der Waals surface area contributed by atoms with Crippen LogP contribution < -0.4 is 0 Å². The van der Waals surface area contributed by atoms with Crippen LogP contribution in [0.5, 0.6) is 0 Å². The third kappa shape index (κ3) is 4.31. The van der Waals surface area contributed by atoms with Gasteiger partial charge in [-0.2, -0.15) is 0 Å². The maximum Gasteiger partial charge on any atom is 0.173 e. The summed E-state index contributed by atoms with van der Waals surface area (Å²) in [4.78, 5) is 12.1. The van der Waals surface area contributed by atoms with E-state index in [1.807, 2.05) is 0 Å². The Balaban J connectivity index is 3.01. The van der Waals surface area contributed by atoms with E-state index >= 15 is 0 Å². The van der Waals surface area contributed by atoms with Crippen molar-refractivity contribution in [1.82, 2.24) is 0 Å². The molecule has 1 rings (SSSR count). The van der Waals surface area contributed by atoms with Crippen LogP contribution in [0.15, 0.2) is 72.3 Å². The number of aliphatic hydroxyl groups excluding tert-OH is 3. The summed E-state index contributed by atoms with van der Waals surface area (Å²) in [6.45, 7) is 6.82. The van der Waals surface area contributed by atoms with E-state index in [1.54, 1.807) is 0 Å². The first kappa shape index (κ1) is 17.2. The van der Waals surface area contributed by atoms with Gasteiger partial charge in [-0.25, -0.2) is 0 Å². The fourth-order valence-electron chi connectivity index (χ4n) is 1.77. The molecular formula is C16H18O6. The topological polar surface area (TPSA) is 96.2 Å². The lowest BCUT2D eigenvalue weighted by atomic mass is 9.96. The van der Waals surface area contributed by atoms with Crippen molar-refractivity contribution in [2.24, 2.45) is 0 Å². The van der Waals surface area contributed by atoms with E-state index in [2.05, 4.69) is 13.2 Å². The van der Waals surface area contributed by atoms with E-state index in [1.165, 1.54) is 19.3 Å². The number of hydrogen-bond acceptors (Lipinski definition) is 6. The maximum atomic E-state index is 12.1. The second-order valence-corrected chi connectivity index (χ2v) is 4.39. The Morgan fingerprint density at radius 1 is 1.45 bits per heavy atom. The number of carbonyl (C=O) groups excluding carboxylic acids is 1. The highest BCUT2D eigenvalue weighted by Gasteiger charge is 2.27. The molecule has 0 aromatic carbocycles. The number of Topliss-reactive ketones (excluding diaryl/α,β-unsaturated/α-hetero) is 1. The van der Waals surface area contributed by atoms with E-state index in [0.29, 0.717) is 5.57 Å². The molecule has 6 nitrogen and oxygen atoms in total. The van der Waals surface area contributed by atoms with Gasteiger partial charge in [0, 0.05) is 6.08 Å². The highest BCUT2D eigenvalue weighted by atomic mass is 16.5. The van der Waals surface area contributed by atoms with Crippen LogP contribution in [0.4, 0.5) is 0 Å². The molecule has 1 atom stereocenters. The largest absolute Gasteiger partial charge is 0.512 e. The van der Waals surface area contributed by atoms with E-state index in [9.17, 15) is 9.90 Å². The Labute approximate surface area is 128 Å². The number of ketones is 1. The van der Waals surface area contributed by atoms with Crippen LogP contribution in [0.3, 0.4) is 0 Å². The average molecular weight is 306 g/mol. The SMILES string of the molecule is C=C/C(=C\C(=C\O)OC)C1CC(=O)C(/C(O)=C\C(=C)O)=CO1. The minimum Gasteiger partial charge on any atom is -0.512 e. The molecule has 118 valence electrons. The Morgan fingerprint density at radius 3 is 2.59 bits per heavy atom. The molecule has 0 bridgehead atoms. The predicted octanol–water partition coefficient (Wildman–Crippen LogP) is 2.90. The number of methoxy groups -OCH3 is 1. The van der Waals surface area contributed by atoms with Gasteiger partial charge in [-0.1, -0.05) is 19.2 Å². The summed E-state index contributed by atoms with van der Waals surface area (Å²) >= 11 is 0. The molecule has 0 amide bonds. The van der Waals surface area contributed by atoms with Crippen molar-refractivity contribution >= 4 is 5.78 Å². The summed E-state index contributed by atoms with van der Waals surface area (Å²) in [6, 6.07) is 0. The predicted molar refractivity (Wildman–Crippen MR) is 81.1 cm³/mol. The summed E-state index contributed by atoms with van der Waals surface area (Å²) in [5.74, 6) is -0.989. The molecule has 3 N–H and O–H groups in total. The molecule has 0 saturated heterocycles. The third-order valence-corrected chi connectivity index (χ3v) is 2.88. The molecule has 0 saturated carbocycles. The van der Waals surface area contributed by atoms with Crippen LogP contribution in [0, 0.1) is 0 Å². The molecular weight excluding hydrogens is 288 g/mol. The van der Waals surface area contributed by atoms with Gasteiger partial charge < -0.3 is 24.8 Å². The van der Waals surface area contributed by atoms with Crippen molar-refractivity contribution < 1.29 is 29.6 Å². The number of aliphatic hydroxyl groups is 3. The van der Waals surface area contributed by atoms with Gasteiger partial charge in [-0.15, -0.1) is 0 Å². The maximum absolute atomic E-state index is 12.1. The summed E-state index contributed by atoms with van der Waals surface area (Å²) in [5, 5.41) is 27.6. The normalized spacial score (nSPS) is 20.0. The Hall–Kier alpha value is -2.89. The van der Waals surface area contributed by atoms with Crippen molar-refractivity contribution in [3.05, 3.63) is 72.3 Å². The van der Waals surface area contributed by atoms with Crippen LogP contribution in [0.1, 0.15) is 6.42 Å². The van der Waals surface area contributed by atoms with Gasteiger partial charge in [0.2, 0.25) is 0 Å². The Morgan fingerprint density at radius 2 is 2.14 bits per heavy atom. The smallest absolute Gasteiger partial charge is 0.173 e. The molecule has 1 aliphatic rings. The van der Waals surface area contributed by atoms with Crippen LogP contribution in [0.25, 0.3) is 0 Å². The number of hydrogen-bond donors (Lipinski definition) is 3. The zero-order valence-electron chi connectivity index (χ0n) is 12.2. The van der Waals surface area contributed by atoms with E-state index in [4.69, 9.17) is 19.7 Å². The van der Waals surface area contributed by atoms with Gasteiger partial charge in [0.1, 0.15) is 23.9 Å². The van der Waals surface area contributed by atoms with E-state index < -0.39 is 11.9 Å². The molecule has 0 aromatic heterocycles. The second-order valence-electron chi connectivity index (χ2n) is 4.39. The van der Waals surface area contributed by atoms with Gasteiger partial charge in [0.15, 0.2) is 11.5 Å². The lowest BCUT2D eigenvalue weighted by molar-refractivity contribution is -0.118. The molecule has 0 fully saturated rings. The van der Waals surface area contributed by atoms with Gasteiger partial charge in [0.25, 0.3) is 0 Å². The summed E-state index contributed by atoms with van der Waals surface area (Å²) in [5.41, 5.74) is 0.473. The molecule has 6 heteroatoms. The minimum absolute atomic E-state index is 0.0398. The van der Waals surface area contributed by atoms with Crippen molar-refractivity contribution in [3.63, 3.8) is 0 Å². The standard InChI is InChI=1S/C16H18O6/c1-4-11(6-12(8-17)21-3)16-7-15(20)13(9-22-16)14(19)5-10(2)18/h4-6,8-9,16-19H,1-2,7H2,3H3/b11-6+,12-8-,14-5+. The van der Waals surface area contributed by atoms with Gasteiger partial charge in [0.05, 0.1) is 25.4 Å². The van der Waals surface area contributed by atoms with Crippen LogP contribution in [-0.2, 0) is 14.3 Å². The van der Waals surface area contributed by atoms with Crippen molar-refractivity contribution in [1.29, 1.82) is 0 Å². The molecule has 22 heavy (non-hydrogen) atoms. The molecule has 0 spiro atoms. The molecule has 0 aliphatic carbocycles. The quantitative estimate of drug-likeness (QED) is 0.516. The van der Waals surface area contributed by atoms with E-state index in [-0.39, 0.29) is 29.3 Å². The molecule has 0 aromatic rings. The van der Waals surface area contributed by atoms with Gasteiger partial charge >= 0.3 is 0 Å². The number of allylic oxidation sites excluding steroid dienone is 3. The fraction of sp³-hybridized carbons (Fsp3) is 0.188. The average Bonchev–Trinajstić information content (AvgIpc) is 2.47. The van der Waals surface area contributed by atoms with Crippen molar-refractivity contribution in [2.75, 3.05) is 7.11 Å². The zero-order valence-corrected chi connectivity index (χ0v) is 12.2. The number of ether oxygens (including phenoxy) is 2. The summed E-state index contributed by atoms with van der Waals surface area (Å²) in [6.07, 6.45) is 5.13. The molecule has 1 heterocycles. The Kier molecular flexibility index (Phi) is 6.07. The first-order valence-corrected chi connectivity index (χ1v) is 6.33. The lowest BCUT2D eigenvalue weighted by Crippen LogP contribution is -2.24. The third-order valence-electron chi connectivity index (χ3n) is 2.88. The van der Waals surface area contributed by atoms with Crippen molar-refractivity contribution in [3.8, 4) is 0 Å². The second kappa shape index (κ2) is 7.78. The number of rotatable bonds is 6. The monoisotopic (exact) mass is 306 g/mol. The highest BCUT2D eigenvalue weighted by molar-refractivity contribution is 5.99. The van der Waals surface area contributed by atoms with Crippen LogP contribution in [-0.4, -0.2) is 34.3 Å².